The molecule has 1 aliphatic heterocycles. The number of Topliss-reactive ketones (excluding diaryl/α,β-unsaturated/α-hetero) is 1. The molecule has 0 unspecified atom stereocenters. The summed E-state index contributed by atoms with van der Waals surface area (Å²) in [5, 5.41) is 0. The van der Waals surface area contributed by atoms with Gasteiger partial charge in [-0.2, -0.15) is 0 Å². The van der Waals surface area contributed by atoms with Crippen LogP contribution in [0.3, 0.4) is 0 Å². The molecule has 0 saturated carbocycles. The molecule has 0 spiro atoms. The molecule has 4 nitrogen and oxygen atoms in total. The molecule has 1 aromatic heterocycles. The fourth-order valence-corrected chi connectivity index (χ4v) is 2.86. The van der Waals surface area contributed by atoms with E-state index in [-0.39, 0.29) is 5.78 Å². The molecule has 3 rings (SSSR count). The molecule has 2 heterocycles. The van der Waals surface area contributed by atoms with Gasteiger partial charge in [-0.15, -0.1) is 0 Å². The predicted molar refractivity (Wildman–Crippen MR) is 78.5 cm³/mol. The molecule has 0 N–H and O–H groups in total. The fraction of sp³-hybridized carbons (Fsp3) is 0.375. The van der Waals surface area contributed by atoms with Gasteiger partial charge in [-0.25, -0.2) is 13.8 Å². The van der Waals surface area contributed by atoms with Crippen LogP contribution in [0.4, 0.5) is 8.78 Å². The highest BCUT2D eigenvalue weighted by atomic mass is 19.2. The van der Waals surface area contributed by atoms with Crippen LogP contribution in [0.25, 0.3) is 11.4 Å². The normalized spacial score (nSPS) is 15.5. The van der Waals surface area contributed by atoms with Gasteiger partial charge in [0.2, 0.25) is 0 Å². The number of rotatable bonds is 2. The quantitative estimate of drug-likeness (QED) is 0.801. The molecule has 2 aromatic rings. The standard InChI is InChI=1S/C16H17F2N3O/c1-10(22)15-14-9-20(2)6-3-7-21(14)16(19-15)11-4-5-12(17)13(18)8-11/h4-5,8H,3,6-7,9H2,1-2H3. The van der Waals surface area contributed by atoms with Crippen LogP contribution in [-0.2, 0) is 13.1 Å². The van der Waals surface area contributed by atoms with E-state index in [1.54, 1.807) is 0 Å². The minimum absolute atomic E-state index is 0.118. The van der Waals surface area contributed by atoms with E-state index in [0.717, 1.165) is 30.8 Å². The fourth-order valence-electron chi connectivity index (χ4n) is 2.86. The monoisotopic (exact) mass is 305 g/mol. The Kier molecular flexibility index (Phi) is 3.78. The van der Waals surface area contributed by atoms with Crippen molar-refractivity contribution in [1.29, 1.82) is 0 Å². The van der Waals surface area contributed by atoms with Gasteiger partial charge < -0.3 is 9.47 Å². The number of nitrogens with zero attached hydrogens (tertiary/aromatic N) is 3. The SMILES string of the molecule is CC(=O)c1nc(-c2ccc(F)c(F)c2)n2c1CN(C)CCC2. The van der Waals surface area contributed by atoms with Crippen molar-refractivity contribution in [2.24, 2.45) is 0 Å². The Balaban J connectivity index is 2.17. The zero-order valence-corrected chi connectivity index (χ0v) is 12.6. The highest BCUT2D eigenvalue weighted by Gasteiger charge is 2.24. The molecule has 0 amide bonds. The lowest BCUT2D eigenvalue weighted by Gasteiger charge is -2.12. The third kappa shape index (κ3) is 2.54. The minimum Gasteiger partial charge on any atom is -0.326 e. The molecule has 1 aliphatic rings. The number of aromatic nitrogens is 2. The van der Waals surface area contributed by atoms with Gasteiger partial charge in [-0.1, -0.05) is 0 Å². The summed E-state index contributed by atoms with van der Waals surface area (Å²) in [7, 11) is 1.99. The van der Waals surface area contributed by atoms with Gasteiger partial charge in [-0.05, 0) is 38.2 Å². The van der Waals surface area contributed by atoms with Crippen molar-refractivity contribution in [2.75, 3.05) is 13.6 Å². The molecule has 6 heteroatoms. The maximum atomic E-state index is 13.5. The van der Waals surface area contributed by atoms with E-state index in [1.165, 1.54) is 13.0 Å². The number of carbonyl (C=O) groups excluding carboxylic acids is 1. The van der Waals surface area contributed by atoms with Gasteiger partial charge in [0.25, 0.3) is 0 Å². The first-order valence-corrected chi connectivity index (χ1v) is 7.21. The van der Waals surface area contributed by atoms with Crippen LogP contribution in [0, 0.1) is 11.6 Å². The molecule has 0 saturated heterocycles. The molecular formula is C16H17F2N3O. The Morgan fingerprint density at radius 2 is 2.00 bits per heavy atom. The Bertz CT molecular complexity index is 739. The lowest BCUT2D eigenvalue weighted by Crippen LogP contribution is -2.18. The second kappa shape index (κ2) is 5.61. The predicted octanol–water partition coefficient (Wildman–Crippen LogP) is 2.87. The van der Waals surface area contributed by atoms with E-state index >= 15 is 0 Å². The van der Waals surface area contributed by atoms with Gasteiger partial charge in [-0.3, -0.25) is 4.79 Å². The highest BCUT2D eigenvalue weighted by Crippen LogP contribution is 2.27. The van der Waals surface area contributed by atoms with Gasteiger partial charge >= 0.3 is 0 Å². The second-order valence-corrected chi connectivity index (χ2v) is 5.66. The summed E-state index contributed by atoms with van der Waals surface area (Å²) in [6.45, 7) is 3.71. The molecular weight excluding hydrogens is 288 g/mol. The minimum atomic E-state index is -0.912. The third-order valence-electron chi connectivity index (χ3n) is 3.93. The van der Waals surface area contributed by atoms with Crippen molar-refractivity contribution in [3.8, 4) is 11.4 Å². The summed E-state index contributed by atoms with van der Waals surface area (Å²) < 4.78 is 28.6. The summed E-state index contributed by atoms with van der Waals surface area (Å²) in [5.74, 6) is -1.40. The number of hydrogen-bond donors (Lipinski definition) is 0. The van der Waals surface area contributed by atoms with Crippen molar-refractivity contribution < 1.29 is 13.6 Å². The molecule has 0 atom stereocenters. The summed E-state index contributed by atoms with van der Waals surface area (Å²) >= 11 is 0. The molecule has 0 radical (unpaired) electrons. The maximum absolute atomic E-state index is 13.5. The van der Waals surface area contributed by atoms with Crippen LogP contribution in [-0.4, -0.2) is 33.8 Å². The van der Waals surface area contributed by atoms with E-state index < -0.39 is 11.6 Å². The van der Waals surface area contributed by atoms with E-state index in [1.807, 2.05) is 11.6 Å². The Labute approximate surface area is 127 Å². The Morgan fingerprint density at radius 3 is 2.68 bits per heavy atom. The number of fused-ring (bicyclic) bond motifs is 1. The molecule has 116 valence electrons. The molecule has 22 heavy (non-hydrogen) atoms. The summed E-state index contributed by atoms with van der Waals surface area (Å²) in [6, 6.07) is 3.71. The molecule has 1 aromatic carbocycles. The van der Waals surface area contributed by atoms with Crippen LogP contribution >= 0.6 is 0 Å². The lowest BCUT2D eigenvalue weighted by molar-refractivity contribution is 0.101. The smallest absolute Gasteiger partial charge is 0.180 e. The zero-order chi connectivity index (χ0) is 15.9. The van der Waals surface area contributed by atoms with Crippen molar-refractivity contribution in [3.05, 3.63) is 41.2 Å². The van der Waals surface area contributed by atoms with Crippen molar-refractivity contribution >= 4 is 5.78 Å². The maximum Gasteiger partial charge on any atom is 0.180 e. The largest absolute Gasteiger partial charge is 0.326 e. The number of ketones is 1. The molecule has 0 bridgehead atoms. The third-order valence-corrected chi connectivity index (χ3v) is 3.93. The van der Waals surface area contributed by atoms with E-state index in [2.05, 4.69) is 9.88 Å². The average molecular weight is 305 g/mol. The topological polar surface area (TPSA) is 38.1 Å². The number of carbonyl (C=O) groups is 1. The number of halogens is 2. The van der Waals surface area contributed by atoms with Crippen LogP contribution in [0.2, 0.25) is 0 Å². The summed E-state index contributed by atoms with van der Waals surface area (Å²) in [5.41, 5.74) is 1.73. The van der Waals surface area contributed by atoms with E-state index in [4.69, 9.17) is 0 Å². The number of benzene rings is 1. The van der Waals surface area contributed by atoms with Crippen molar-refractivity contribution in [1.82, 2.24) is 14.5 Å². The van der Waals surface area contributed by atoms with Gasteiger partial charge in [0.15, 0.2) is 17.4 Å². The van der Waals surface area contributed by atoms with Crippen LogP contribution in [0.15, 0.2) is 18.2 Å². The molecule has 0 fully saturated rings. The second-order valence-electron chi connectivity index (χ2n) is 5.66. The summed E-state index contributed by atoms with van der Waals surface area (Å²) in [6.07, 6.45) is 0.911. The molecule has 0 aliphatic carbocycles. The zero-order valence-electron chi connectivity index (χ0n) is 12.6. The van der Waals surface area contributed by atoms with Crippen LogP contribution in [0.5, 0.6) is 0 Å². The highest BCUT2D eigenvalue weighted by molar-refractivity contribution is 5.94. The average Bonchev–Trinajstić information content (AvgIpc) is 2.70. The van der Waals surface area contributed by atoms with Crippen LogP contribution in [0.1, 0.15) is 29.5 Å². The van der Waals surface area contributed by atoms with Crippen molar-refractivity contribution in [2.45, 2.75) is 26.4 Å². The first-order chi connectivity index (χ1) is 10.5. The van der Waals surface area contributed by atoms with Gasteiger partial charge in [0.05, 0.1) is 5.69 Å². The Morgan fingerprint density at radius 1 is 1.23 bits per heavy atom. The van der Waals surface area contributed by atoms with E-state index in [9.17, 15) is 13.6 Å². The van der Waals surface area contributed by atoms with E-state index in [0.29, 0.717) is 30.2 Å². The first kappa shape index (κ1) is 14.8. The van der Waals surface area contributed by atoms with Crippen LogP contribution < -0.4 is 0 Å². The van der Waals surface area contributed by atoms with Gasteiger partial charge in [0, 0.05) is 25.6 Å². The van der Waals surface area contributed by atoms with Crippen molar-refractivity contribution in [3.63, 3.8) is 0 Å². The number of hydrogen-bond acceptors (Lipinski definition) is 3. The lowest BCUT2D eigenvalue weighted by atomic mass is 10.2. The Hall–Kier alpha value is -2.08. The summed E-state index contributed by atoms with van der Waals surface area (Å²) in [4.78, 5) is 18.4. The number of imidazole rings is 1. The first-order valence-electron chi connectivity index (χ1n) is 7.21. The van der Waals surface area contributed by atoms with Gasteiger partial charge in [0.1, 0.15) is 11.5 Å².